The molecule has 0 aliphatic carbocycles. The number of rotatable bonds is 3. The predicted molar refractivity (Wildman–Crippen MR) is 81.7 cm³/mol. The number of nitrogens with two attached hydrogens (primary N) is 1. The van der Waals surface area contributed by atoms with Crippen LogP contribution in [0, 0.1) is 0 Å². The number of hydrogen-bond acceptors (Lipinski definition) is 5. The van der Waals surface area contributed by atoms with Crippen molar-refractivity contribution in [2.45, 2.75) is 0 Å². The van der Waals surface area contributed by atoms with E-state index in [2.05, 4.69) is 15.0 Å². The third kappa shape index (κ3) is 2.81. The van der Waals surface area contributed by atoms with Gasteiger partial charge in [0.15, 0.2) is 0 Å². The highest BCUT2D eigenvalue weighted by Gasteiger charge is 2.07. The number of hydrogen-bond donors (Lipinski definition) is 1. The second-order valence-electron chi connectivity index (χ2n) is 4.47. The lowest BCUT2D eigenvalue weighted by Gasteiger charge is -2.07. The average molecular weight is 278 g/mol. The third-order valence-electron chi connectivity index (χ3n) is 3.07. The van der Waals surface area contributed by atoms with Crippen molar-refractivity contribution in [3.63, 3.8) is 0 Å². The number of ether oxygens (including phenoxy) is 1. The van der Waals surface area contributed by atoms with Gasteiger partial charge in [-0.15, -0.1) is 0 Å². The molecule has 1 aromatic carbocycles. The van der Waals surface area contributed by atoms with Crippen molar-refractivity contribution in [2.24, 2.45) is 0 Å². The molecule has 2 heterocycles. The molecule has 5 nitrogen and oxygen atoms in total. The molecule has 0 saturated heterocycles. The Balaban J connectivity index is 2.09. The van der Waals surface area contributed by atoms with E-state index in [0.29, 0.717) is 0 Å². The molecule has 0 aliphatic heterocycles. The minimum Gasteiger partial charge on any atom is -0.497 e. The van der Waals surface area contributed by atoms with Crippen LogP contribution in [0.25, 0.3) is 22.5 Å². The molecule has 0 atom stereocenters. The summed E-state index contributed by atoms with van der Waals surface area (Å²) in [5.41, 5.74) is 9.15. The molecule has 0 spiro atoms. The highest BCUT2D eigenvalue weighted by molar-refractivity contribution is 5.69. The summed E-state index contributed by atoms with van der Waals surface area (Å²) in [6, 6.07) is 13.4. The summed E-state index contributed by atoms with van der Waals surface area (Å²) in [5.74, 6) is 1.00. The molecule has 0 radical (unpaired) electrons. The van der Waals surface area contributed by atoms with E-state index in [0.717, 1.165) is 28.3 Å². The van der Waals surface area contributed by atoms with E-state index in [1.54, 1.807) is 19.5 Å². The molecule has 2 N–H and O–H groups in total. The fraction of sp³-hybridized carbons (Fsp3) is 0.0625. The van der Waals surface area contributed by atoms with Crippen LogP contribution in [0.3, 0.4) is 0 Å². The van der Waals surface area contributed by atoms with Crippen LogP contribution < -0.4 is 10.5 Å². The van der Waals surface area contributed by atoms with Gasteiger partial charge in [-0.1, -0.05) is 12.1 Å². The number of pyridine rings is 1. The van der Waals surface area contributed by atoms with Gasteiger partial charge < -0.3 is 10.5 Å². The first kappa shape index (κ1) is 13.1. The fourth-order valence-corrected chi connectivity index (χ4v) is 2.06. The number of methoxy groups -OCH3 is 1. The summed E-state index contributed by atoms with van der Waals surface area (Å²) in [4.78, 5) is 12.7. The highest BCUT2D eigenvalue weighted by atomic mass is 16.5. The van der Waals surface area contributed by atoms with Crippen molar-refractivity contribution in [1.29, 1.82) is 0 Å². The number of benzene rings is 1. The zero-order chi connectivity index (χ0) is 14.7. The van der Waals surface area contributed by atoms with Crippen LogP contribution in [0.4, 0.5) is 5.95 Å². The monoisotopic (exact) mass is 278 g/mol. The minimum atomic E-state index is 0.231. The van der Waals surface area contributed by atoms with E-state index in [1.807, 2.05) is 42.5 Å². The standard InChI is InChI=1S/C16H14N4O/c1-21-13-6-2-4-11(8-13)14-9-15(20-16(17)19-14)12-5-3-7-18-10-12/h2-10H,1H3,(H2,17,19,20). The van der Waals surface area contributed by atoms with Crippen LogP contribution >= 0.6 is 0 Å². The summed E-state index contributed by atoms with van der Waals surface area (Å²) in [6.45, 7) is 0. The quantitative estimate of drug-likeness (QED) is 0.797. The molecule has 0 amide bonds. The SMILES string of the molecule is COc1cccc(-c2cc(-c3cccnc3)nc(N)n2)c1. The van der Waals surface area contributed by atoms with Crippen molar-refractivity contribution in [2.75, 3.05) is 12.8 Å². The van der Waals surface area contributed by atoms with E-state index in [1.165, 1.54) is 0 Å². The molecule has 3 aromatic rings. The maximum absolute atomic E-state index is 5.83. The van der Waals surface area contributed by atoms with Crippen LogP contribution in [0.1, 0.15) is 0 Å². The second kappa shape index (κ2) is 5.58. The Hall–Kier alpha value is -2.95. The maximum Gasteiger partial charge on any atom is 0.221 e. The Bertz CT molecular complexity index is 759. The lowest BCUT2D eigenvalue weighted by molar-refractivity contribution is 0.415. The number of anilines is 1. The van der Waals surface area contributed by atoms with Gasteiger partial charge in [0.2, 0.25) is 5.95 Å². The van der Waals surface area contributed by atoms with Gasteiger partial charge in [0.05, 0.1) is 18.5 Å². The Kier molecular flexibility index (Phi) is 3.47. The van der Waals surface area contributed by atoms with Crippen LogP contribution in [-0.4, -0.2) is 22.1 Å². The van der Waals surface area contributed by atoms with Crippen LogP contribution in [0.5, 0.6) is 5.75 Å². The van der Waals surface area contributed by atoms with Crippen molar-refractivity contribution in [3.8, 4) is 28.3 Å². The fourth-order valence-electron chi connectivity index (χ4n) is 2.06. The molecule has 0 unspecified atom stereocenters. The lowest BCUT2D eigenvalue weighted by Crippen LogP contribution is -1.99. The largest absolute Gasteiger partial charge is 0.497 e. The first-order valence-electron chi connectivity index (χ1n) is 6.45. The van der Waals surface area contributed by atoms with E-state index in [9.17, 15) is 0 Å². The molecule has 3 rings (SSSR count). The van der Waals surface area contributed by atoms with Gasteiger partial charge in [-0.25, -0.2) is 9.97 Å². The van der Waals surface area contributed by atoms with Gasteiger partial charge in [-0.3, -0.25) is 4.98 Å². The predicted octanol–water partition coefficient (Wildman–Crippen LogP) is 2.80. The Morgan fingerprint density at radius 2 is 1.71 bits per heavy atom. The van der Waals surface area contributed by atoms with Crippen molar-refractivity contribution < 1.29 is 4.74 Å². The highest BCUT2D eigenvalue weighted by Crippen LogP contribution is 2.26. The van der Waals surface area contributed by atoms with Gasteiger partial charge in [-0.05, 0) is 30.3 Å². The van der Waals surface area contributed by atoms with Crippen LogP contribution in [-0.2, 0) is 0 Å². The second-order valence-corrected chi connectivity index (χ2v) is 4.47. The van der Waals surface area contributed by atoms with Crippen LogP contribution in [0.15, 0.2) is 54.9 Å². The zero-order valence-corrected chi connectivity index (χ0v) is 11.5. The van der Waals surface area contributed by atoms with Gasteiger partial charge in [0, 0.05) is 23.5 Å². The molecule has 21 heavy (non-hydrogen) atoms. The van der Waals surface area contributed by atoms with Crippen molar-refractivity contribution >= 4 is 5.95 Å². The molecule has 0 bridgehead atoms. The van der Waals surface area contributed by atoms with E-state index >= 15 is 0 Å². The van der Waals surface area contributed by atoms with E-state index in [4.69, 9.17) is 10.5 Å². The van der Waals surface area contributed by atoms with Crippen LogP contribution in [0.2, 0.25) is 0 Å². The Morgan fingerprint density at radius 3 is 2.43 bits per heavy atom. The average Bonchev–Trinajstić information content (AvgIpc) is 2.55. The third-order valence-corrected chi connectivity index (χ3v) is 3.07. The summed E-state index contributed by atoms with van der Waals surface area (Å²) in [7, 11) is 1.63. The van der Waals surface area contributed by atoms with Crippen molar-refractivity contribution in [3.05, 3.63) is 54.9 Å². The first-order chi connectivity index (χ1) is 10.3. The Labute approximate surface area is 122 Å². The topological polar surface area (TPSA) is 73.9 Å². The summed E-state index contributed by atoms with van der Waals surface area (Å²) in [5, 5.41) is 0. The number of aromatic nitrogens is 3. The molecule has 0 fully saturated rings. The molecule has 0 aliphatic rings. The van der Waals surface area contributed by atoms with E-state index in [-0.39, 0.29) is 5.95 Å². The normalized spacial score (nSPS) is 10.3. The lowest BCUT2D eigenvalue weighted by atomic mass is 10.1. The molecule has 0 saturated carbocycles. The van der Waals surface area contributed by atoms with Gasteiger partial charge in [-0.2, -0.15) is 0 Å². The first-order valence-corrected chi connectivity index (χ1v) is 6.45. The smallest absolute Gasteiger partial charge is 0.221 e. The van der Waals surface area contributed by atoms with Gasteiger partial charge in [0.25, 0.3) is 0 Å². The van der Waals surface area contributed by atoms with Gasteiger partial charge >= 0.3 is 0 Å². The minimum absolute atomic E-state index is 0.231. The summed E-state index contributed by atoms with van der Waals surface area (Å²) < 4.78 is 5.24. The Morgan fingerprint density at radius 1 is 0.952 bits per heavy atom. The summed E-state index contributed by atoms with van der Waals surface area (Å²) >= 11 is 0. The molecular formula is C16H14N4O. The van der Waals surface area contributed by atoms with Gasteiger partial charge in [0.1, 0.15) is 5.75 Å². The zero-order valence-electron chi connectivity index (χ0n) is 11.5. The number of nitrogens with zero attached hydrogens (tertiary/aromatic N) is 3. The number of nitrogen functional groups attached to an aromatic ring is 1. The maximum atomic E-state index is 5.83. The molecular weight excluding hydrogens is 264 g/mol. The van der Waals surface area contributed by atoms with Crippen molar-refractivity contribution in [1.82, 2.24) is 15.0 Å². The van der Waals surface area contributed by atoms with E-state index < -0.39 is 0 Å². The molecule has 2 aromatic heterocycles. The molecule has 5 heteroatoms. The summed E-state index contributed by atoms with van der Waals surface area (Å²) in [6.07, 6.45) is 3.47. The molecule has 104 valence electrons.